The summed E-state index contributed by atoms with van der Waals surface area (Å²) in [5.41, 5.74) is 0.641. The van der Waals surface area contributed by atoms with Gasteiger partial charge in [0.05, 0.1) is 5.54 Å². The van der Waals surface area contributed by atoms with Gasteiger partial charge in [-0.3, -0.25) is 10.1 Å². The largest absolute Gasteiger partial charge is 0.335 e. The minimum atomic E-state index is -0.490. The zero-order chi connectivity index (χ0) is 13.4. The summed E-state index contributed by atoms with van der Waals surface area (Å²) in [5.74, 6) is 0.172. The van der Waals surface area contributed by atoms with Crippen LogP contribution in [-0.4, -0.2) is 28.4 Å². The lowest BCUT2D eigenvalue weighted by molar-refractivity contribution is -0.144. The van der Waals surface area contributed by atoms with Crippen molar-refractivity contribution < 1.29 is 4.79 Å². The van der Waals surface area contributed by atoms with E-state index in [1.165, 1.54) is 5.56 Å². The number of piperazine rings is 1. The van der Waals surface area contributed by atoms with Crippen LogP contribution < -0.4 is 5.32 Å². The van der Waals surface area contributed by atoms with Crippen LogP contribution >= 0.6 is 0 Å². The molecule has 3 heteroatoms. The molecular formula is C15H22N2O. The van der Waals surface area contributed by atoms with E-state index in [-0.39, 0.29) is 11.4 Å². The molecule has 1 heterocycles. The van der Waals surface area contributed by atoms with Crippen LogP contribution in [0.2, 0.25) is 0 Å². The SMILES string of the molecule is CC1(C)CN(Cc2ccccc2)C(=O)C(C)(C)N1. The zero-order valence-corrected chi connectivity index (χ0v) is 11.7. The van der Waals surface area contributed by atoms with Crippen LogP contribution in [0.3, 0.4) is 0 Å². The second-order valence-electron chi connectivity index (χ2n) is 6.28. The first kappa shape index (κ1) is 13.1. The Bertz CT molecular complexity index is 437. The van der Waals surface area contributed by atoms with Gasteiger partial charge >= 0.3 is 0 Å². The van der Waals surface area contributed by atoms with Crippen molar-refractivity contribution in [3.63, 3.8) is 0 Å². The first-order valence-electron chi connectivity index (χ1n) is 6.43. The van der Waals surface area contributed by atoms with Gasteiger partial charge in [0.1, 0.15) is 0 Å². The molecule has 18 heavy (non-hydrogen) atoms. The predicted octanol–water partition coefficient (Wildman–Crippen LogP) is 2.18. The van der Waals surface area contributed by atoms with Crippen molar-refractivity contribution >= 4 is 5.91 Å². The molecule has 1 aliphatic rings. The Morgan fingerprint density at radius 3 is 2.39 bits per heavy atom. The number of hydrogen-bond donors (Lipinski definition) is 1. The Morgan fingerprint density at radius 2 is 1.78 bits per heavy atom. The van der Waals surface area contributed by atoms with Crippen LogP contribution in [0.25, 0.3) is 0 Å². The van der Waals surface area contributed by atoms with Crippen molar-refractivity contribution in [2.45, 2.75) is 45.3 Å². The van der Waals surface area contributed by atoms with Crippen molar-refractivity contribution in [2.24, 2.45) is 0 Å². The Kier molecular flexibility index (Phi) is 3.20. The molecule has 1 aliphatic heterocycles. The molecule has 98 valence electrons. The molecule has 0 radical (unpaired) electrons. The van der Waals surface area contributed by atoms with Gasteiger partial charge in [-0.25, -0.2) is 0 Å². The van der Waals surface area contributed by atoms with Crippen molar-refractivity contribution in [1.82, 2.24) is 10.2 Å². The number of benzene rings is 1. The highest BCUT2D eigenvalue weighted by Crippen LogP contribution is 2.23. The summed E-state index contributed by atoms with van der Waals surface area (Å²) in [6, 6.07) is 10.2. The summed E-state index contributed by atoms with van der Waals surface area (Å²) >= 11 is 0. The van der Waals surface area contributed by atoms with Crippen molar-refractivity contribution in [3.8, 4) is 0 Å². The molecule has 0 atom stereocenters. The molecule has 0 unspecified atom stereocenters. The summed E-state index contributed by atoms with van der Waals surface area (Å²) in [6.45, 7) is 9.61. The standard InChI is InChI=1S/C15H22N2O/c1-14(2)11-17(13(18)15(3,4)16-14)10-12-8-6-5-7-9-12/h5-9,16H,10-11H2,1-4H3. The van der Waals surface area contributed by atoms with Gasteiger partial charge in [-0.1, -0.05) is 30.3 Å². The van der Waals surface area contributed by atoms with E-state index in [2.05, 4.69) is 31.3 Å². The summed E-state index contributed by atoms with van der Waals surface area (Å²) in [6.07, 6.45) is 0. The maximum atomic E-state index is 12.4. The second-order valence-corrected chi connectivity index (χ2v) is 6.28. The minimum absolute atomic E-state index is 0.0494. The predicted molar refractivity (Wildman–Crippen MR) is 73.2 cm³/mol. The average molecular weight is 246 g/mol. The van der Waals surface area contributed by atoms with Gasteiger partial charge in [-0.15, -0.1) is 0 Å². The van der Waals surface area contributed by atoms with Crippen LogP contribution in [0.15, 0.2) is 30.3 Å². The van der Waals surface area contributed by atoms with Crippen LogP contribution in [0, 0.1) is 0 Å². The Labute approximate surface area is 109 Å². The fourth-order valence-corrected chi connectivity index (χ4v) is 2.81. The fourth-order valence-electron chi connectivity index (χ4n) is 2.81. The number of rotatable bonds is 2. The number of nitrogens with zero attached hydrogens (tertiary/aromatic N) is 1. The minimum Gasteiger partial charge on any atom is -0.335 e. The van der Waals surface area contributed by atoms with Gasteiger partial charge in [0.25, 0.3) is 0 Å². The summed E-state index contributed by atoms with van der Waals surface area (Å²) in [4.78, 5) is 14.4. The topological polar surface area (TPSA) is 32.3 Å². The highest BCUT2D eigenvalue weighted by Gasteiger charge is 2.42. The molecule has 1 saturated heterocycles. The van der Waals surface area contributed by atoms with E-state index in [1.807, 2.05) is 36.9 Å². The normalized spacial score (nSPS) is 22.0. The molecule has 0 aliphatic carbocycles. The van der Waals surface area contributed by atoms with Gasteiger partial charge in [-0.2, -0.15) is 0 Å². The Morgan fingerprint density at radius 1 is 1.17 bits per heavy atom. The van der Waals surface area contributed by atoms with Crippen LogP contribution in [-0.2, 0) is 11.3 Å². The van der Waals surface area contributed by atoms with Crippen LogP contribution in [0.5, 0.6) is 0 Å². The second kappa shape index (κ2) is 4.39. The quantitative estimate of drug-likeness (QED) is 0.867. The lowest BCUT2D eigenvalue weighted by Gasteiger charge is -2.47. The van der Waals surface area contributed by atoms with E-state index in [0.717, 1.165) is 6.54 Å². The zero-order valence-electron chi connectivity index (χ0n) is 11.7. The Hall–Kier alpha value is -1.35. The average Bonchev–Trinajstić information content (AvgIpc) is 2.25. The highest BCUT2D eigenvalue weighted by atomic mass is 16.2. The Balaban J connectivity index is 2.19. The molecule has 3 nitrogen and oxygen atoms in total. The van der Waals surface area contributed by atoms with E-state index in [4.69, 9.17) is 0 Å². The van der Waals surface area contributed by atoms with Gasteiger partial charge in [0.2, 0.25) is 5.91 Å². The number of amides is 1. The highest BCUT2D eigenvalue weighted by molar-refractivity contribution is 5.86. The van der Waals surface area contributed by atoms with E-state index in [0.29, 0.717) is 6.54 Å². The molecule has 1 amide bonds. The molecule has 1 N–H and O–H groups in total. The van der Waals surface area contributed by atoms with Gasteiger partial charge in [-0.05, 0) is 33.3 Å². The lowest BCUT2D eigenvalue weighted by atomic mass is 9.90. The van der Waals surface area contributed by atoms with Crippen LogP contribution in [0.1, 0.15) is 33.3 Å². The monoisotopic (exact) mass is 246 g/mol. The van der Waals surface area contributed by atoms with E-state index < -0.39 is 5.54 Å². The first-order valence-corrected chi connectivity index (χ1v) is 6.43. The van der Waals surface area contributed by atoms with Gasteiger partial charge < -0.3 is 4.90 Å². The number of hydrogen-bond acceptors (Lipinski definition) is 2. The van der Waals surface area contributed by atoms with Crippen molar-refractivity contribution in [2.75, 3.05) is 6.54 Å². The van der Waals surface area contributed by atoms with E-state index in [1.54, 1.807) is 0 Å². The molecule has 2 rings (SSSR count). The fraction of sp³-hybridized carbons (Fsp3) is 0.533. The van der Waals surface area contributed by atoms with E-state index >= 15 is 0 Å². The van der Waals surface area contributed by atoms with Gasteiger partial charge in [0.15, 0.2) is 0 Å². The third kappa shape index (κ3) is 2.72. The smallest absolute Gasteiger partial charge is 0.242 e. The van der Waals surface area contributed by atoms with Crippen molar-refractivity contribution in [1.29, 1.82) is 0 Å². The summed E-state index contributed by atoms with van der Waals surface area (Å²) < 4.78 is 0. The lowest BCUT2D eigenvalue weighted by Crippen LogP contribution is -2.69. The third-order valence-electron chi connectivity index (χ3n) is 3.28. The van der Waals surface area contributed by atoms with Crippen molar-refractivity contribution in [3.05, 3.63) is 35.9 Å². The van der Waals surface area contributed by atoms with E-state index in [9.17, 15) is 4.79 Å². The number of carbonyl (C=O) groups is 1. The molecule has 0 aromatic heterocycles. The summed E-state index contributed by atoms with van der Waals surface area (Å²) in [7, 11) is 0. The number of carbonyl (C=O) groups excluding carboxylic acids is 1. The third-order valence-corrected chi connectivity index (χ3v) is 3.28. The molecule has 0 spiro atoms. The maximum absolute atomic E-state index is 12.4. The summed E-state index contributed by atoms with van der Waals surface area (Å²) in [5, 5.41) is 3.41. The molecule has 0 saturated carbocycles. The van der Waals surface area contributed by atoms with Crippen LogP contribution in [0.4, 0.5) is 0 Å². The maximum Gasteiger partial charge on any atom is 0.242 e. The molecular weight excluding hydrogens is 224 g/mol. The molecule has 1 aromatic rings. The molecule has 1 aromatic carbocycles. The molecule has 1 fully saturated rings. The van der Waals surface area contributed by atoms with Gasteiger partial charge in [0, 0.05) is 18.6 Å². The first-order chi connectivity index (χ1) is 8.30. The number of nitrogens with one attached hydrogen (secondary N) is 1. The molecule has 0 bridgehead atoms.